The van der Waals surface area contributed by atoms with Gasteiger partial charge in [-0.3, -0.25) is 0 Å². The van der Waals surface area contributed by atoms with Crippen LogP contribution in [-0.4, -0.2) is 24.1 Å². The van der Waals surface area contributed by atoms with Crippen LogP contribution in [0.2, 0.25) is 0 Å². The maximum absolute atomic E-state index is 14.1. The number of ether oxygens (including phenoxy) is 2. The van der Waals surface area contributed by atoms with E-state index in [1.165, 1.54) is 0 Å². The number of esters is 2. The van der Waals surface area contributed by atoms with E-state index in [1.54, 1.807) is 39.8 Å². The number of fused-ring (bicyclic) bond motifs is 2. The first-order valence-electron chi connectivity index (χ1n) is 18.8. The molecule has 0 aromatic heterocycles. The molecule has 0 saturated carbocycles. The third-order valence-corrected chi connectivity index (χ3v) is 10.2. The molecular weight excluding hydrogens is 742 g/mol. The zero-order valence-electron chi connectivity index (χ0n) is 33.0. The Morgan fingerprint density at radius 3 is 1.20 bits per heavy atom. The normalized spacial score (nSPS) is 11.9. The second-order valence-corrected chi connectivity index (χ2v) is 15.7. The summed E-state index contributed by atoms with van der Waals surface area (Å²) in [7, 11) is -1.10. The van der Waals surface area contributed by atoms with Crippen LogP contribution in [0.5, 0.6) is 23.0 Å². The highest BCUT2D eigenvalue weighted by Gasteiger charge is 2.30. The molecule has 0 heterocycles. The average molecular weight is 791 g/mol. The van der Waals surface area contributed by atoms with Gasteiger partial charge in [-0.15, -0.1) is 0 Å². The number of carbonyl (C=O) groups is 2. The molecule has 0 amide bonds. The van der Waals surface area contributed by atoms with Crippen LogP contribution in [0.25, 0.3) is 32.7 Å². The summed E-state index contributed by atoms with van der Waals surface area (Å²) in [6.07, 6.45) is -0.800. The van der Waals surface area contributed by atoms with Crippen molar-refractivity contribution < 1.29 is 37.2 Å². The Balaban J connectivity index is 1.62. The Morgan fingerprint density at radius 2 is 0.821 bits per heavy atom. The van der Waals surface area contributed by atoms with Gasteiger partial charge in [0.2, 0.25) is 0 Å². The predicted octanol–water partition coefficient (Wildman–Crippen LogP) is 13.0. The molecule has 0 spiro atoms. The van der Waals surface area contributed by atoms with Crippen LogP contribution >= 0.6 is 18.1 Å². The Morgan fingerprint density at radius 1 is 0.464 bits per heavy atom. The first kappa shape index (κ1) is 40.5. The van der Waals surface area contributed by atoms with Crippen LogP contribution in [-0.2, 0) is 9.47 Å². The summed E-state index contributed by atoms with van der Waals surface area (Å²) >= 11 is 0. The van der Waals surface area contributed by atoms with Crippen molar-refractivity contribution in [1.82, 2.24) is 0 Å². The Labute approximate surface area is 332 Å². The molecule has 2 atom stereocenters. The number of hydrogen-bond acceptors (Lipinski definition) is 8. The average Bonchev–Trinajstić information content (AvgIpc) is 3.17. The molecule has 0 saturated heterocycles. The molecule has 0 aliphatic rings. The lowest BCUT2D eigenvalue weighted by Gasteiger charge is -2.23. The van der Waals surface area contributed by atoms with Gasteiger partial charge in [0.05, 0.1) is 12.2 Å². The minimum atomic E-state index is -0.563. The standard InChI is InChI=1S/C46H48O8P2/c1-27(2)33-19-13-15-23-39(33)51-55-53-43-37(45(47)49-29(5)6)25-31-17-9-11-21-35(31)41(43)42-36-22-12-10-18-32(36)26-38(46(48)50-30(7)8)44(42)54-56-52-40-24-16-14-20-34(40)28(3)4/h9-30,55-56H,1-8H3. The summed E-state index contributed by atoms with van der Waals surface area (Å²) in [6, 6.07) is 34.6. The monoisotopic (exact) mass is 790 g/mol. The molecule has 0 N–H and O–H groups in total. The van der Waals surface area contributed by atoms with Crippen molar-refractivity contribution in [3.8, 4) is 34.1 Å². The molecule has 0 radical (unpaired) electrons. The second-order valence-electron chi connectivity index (χ2n) is 14.6. The number of benzene rings is 6. The van der Waals surface area contributed by atoms with Crippen molar-refractivity contribution in [2.24, 2.45) is 0 Å². The van der Waals surface area contributed by atoms with Crippen LogP contribution in [0.15, 0.2) is 109 Å². The molecule has 8 nitrogen and oxygen atoms in total. The van der Waals surface area contributed by atoms with Crippen molar-refractivity contribution in [2.45, 2.75) is 79.4 Å². The second kappa shape index (κ2) is 18.2. The van der Waals surface area contributed by atoms with E-state index in [4.69, 9.17) is 27.6 Å². The van der Waals surface area contributed by atoms with Crippen LogP contribution in [0.1, 0.15) is 99.1 Å². The lowest BCUT2D eigenvalue weighted by atomic mass is 9.88. The highest BCUT2D eigenvalue weighted by Crippen LogP contribution is 2.51. The third kappa shape index (κ3) is 9.10. The van der Waals surface area contributed by atoms with Gasteiger partial charge in [0, 0.05) is 11.1 Å². The van der Waals surface area contributed by atoms with Crippen molar-refractivity contribution in [3.05, 3.63) is 131 Å². The Kier molecular flexibility index (Phi) is 13.2. The molecular formula is C46H48O8P2. The topological polar surface area (TPSA) is 89.5 Å². The van der Waals surface area contributed by atoms with E-state index in [0.717, 1.165) is 32.7 Å². The molecule has 6 aromatic rings. The lowest BCUT2D eigenvalue weighted by Crippen LogP contribution is -2.14. The Bertz CT molecular complexity index is 2190. The molecule has 290 valence electrons. The fourth-order valence-electron chi connectivity index (χ4n) is 6.54. The smallest absolute Gasteiger partial charge is 0.342 e. The van der Waals surface area contributed by atoms with Gasteiger partial charge in [-0.05, 0) is 96.5 Å². The van der Waals surface area contributed by atoms with Crippen LogP contribution in [0.4, 0.5) is 0 Å². The molecule has 0 fully saturated rings. The quantitative estimate of drug-likeness (QED) is 0.0750. The summed E-state index contributed by atoms with van der Waals surface area (Å²) in [5.74, 6) is 1.11. The summed E-state index contributed by atoms with van der Waals surface area (Å²) in [6.45, 7) is 15.6. The van der Waals surface area contributed by atoms with E-state index in [9.17, 15) is 9.59 Å². The van der Waals surface area contributed by atoms with E-state index in [0.29, 0.717) is 22.6 Å². The number of rotatable bonds is 15. The molecule has 2 unspecified atom stereocenters. The minimum Gasteiger partial charge on any atom is -0.459 e. The van der Waals surface area contributed by atoms with Gasteiger partial charge in [-0.1, -0.05) is 113 Å². The molecule has 0 aliphatic carbocycles. The zero-order chi connectivity index (χ0) is 39.9. The van der Waals surface area contributed by atoms with Crippen molar-refractivity contribution in [1.29, 1.82) is 0 Å². The van der Waals surface area contributed by atoms with Gasteiger partial charge >= 0.3 is 11.9 Å². The molecule has 10 heteroatoms. The zero-order valence-corrected chi connectivity index (χ0v) is 35.0. The van der Waals surface area contributed by atoms with Crippen molar-refractivity contribution >= 4 is 51.6 Å². The number of carbonyl (C=O) groups excluding carboxylic acids is 2. The largest absolute Gasteiger partial charge is 0.459 e. The summed E-state index contributed by atoms with van der Waals surface area (Å²) in [5.41, 5.74) is 3.53. The van der Waals surface area contributed by atoms with E-state index in [1.807, 2.05) is 97.1 Å². The van der Waals surface area contributed by atoms with E-state index in [2.05, 4.69) is 27.7 Å². The molecule has 6 aromatic carbocycles. The molecule has 6 rings (SSSR count). The van der Waals surface area contributed by atoms with E-state index < -0.39 is 42.2 Å². The third-order valence-electron chi connectivity index (χ3n) is 9.05. The molecule has 0 aliphatic heterocycles. The van der Waals surface area contributed by atoms with Gasteiger partial charge in [0.1, 0.15) is 34.1 Å². The maximum atomic E-state index is 14.1. The van der Waals surface area contributed by atoms with Gasteiger partial charge in [0.15, 0.2) is 0 Å². The van der Waals surface area contributed by atoms with Crippen molar-refractivity contribution in [2.75, 3.05) is 0 Å². The highest BCUT2D eigenvalue weighted by atomic mass is 31.1. The SMILES string of the molecule is CC(C)OC(=O)c1cc2ccccc2c(-c2c(OPOc3ccccc3C(C)C)c(C(=O)OC(C)C)cc3ccccc23)c1OPOc1ccccc1C(C)C. The predicted molar refractivity (Wildman–Crippen MR) is 228 cm³/mol. The van der Waals surface area contributed by atoms with Crippen LogP contribution < -0.4 is 18.1 Å². The summed E-state index contributed by atoms with van der Waals surface area (Å²) in [5, 5.41) is 3.04. The van der Waals surface area contributed by atoms with E-state index in [-0.39, 0.29) is 34.5 Å². The van der Waals surface area contributed by atoms with Gasteiger partial charge < -0.3 is 27.6 Å². The highest BCUT2D eigenvalue weighted by molar-refractivity contribution is 7.27. The van der Waals surface area contributed by atoms with Gasteiger partial charge in [-0.25, -0.2) is 9.59 Å². The molecule has 0 bridgehead atoms. The number of hydrogen-bond donors (Lipinski definition) is 0. The lowest BCUT2D eigenvalue weighted by molar-refractivity contribution is 0.0365. The van der Waals surface area contributed by atoms with Crippen LogP contribution in [0, 0.1) is 0 Å². The number of para-hydroxylation sites is 2. The van der Waals surface area contributed by atoms with Gasteiger partial charge in [0.25, 0.3) is 18.1 Å². The fraction of sp³-hybridized carbons (Fsp3) is 0.261. The van der Waals surface area contributed by atoms with Gasteiger partial charge in [-0.2, -0.15) is 0 Å². The van der Waals surface area contributed by atoms with E-state index >= 15 is 0 Å². The van der Waals surface area contributed by atoms with Crippen molar-refractivity contribution in [3.63, 3.8) is 0 Å². The first-order valence-corrected chi connectivity index (χ1v) is 20.5. The Hall–Kier alpha value is -5.16. The first-order chi connectivity index (χ1) is 26.9. The summed E-state index contributed by atoms with van der Waals surface area (Å²) < 4.78 is 37.6. The maximum Gasteiger partial charge on any atom is 0.342 e. The summed E-state index contributed by atoms with van der Waals surface area (Å²) in [4.78, 5) is 28.2. The minimum absolute atomic E-state index is 0.204. The van der Waals surface area contributed by atoms with Crippen LogP contribution in [0.3, 0.4) is 0 Å². The molecule has 56 heavy (non-hydrogen) atoms. The fourth-order valence-corrected chi connectivity index (χ4v) is 7.76.